The van der Waals surface area contributed by atoms with Crippen LogP contribution in [0.25, 0.3) is 0 Å². The topological polar surface area (TPSA) is 90.0 Å². The molecule has 3 N–H and O–H groups in total. The molecule has 2 rings (SSSR count). The van der Waals surface area contributed by atoms with E-state index in [1.54, 1.807) is 20.0 Å². The van der Waals surface area contributed by atoms with Crippen molar-refractivity contribution in [3.8, 4) is 0 Å². The van der Waals surface area contributed by atoms with E-state index in [0.717, 1.165) is 12.1 Å². The van der Waals surface area contributed by atoms with Gasteiger partial charge in [0.2, 0.25) is 0 Å². The normalized spacial score (nSPS) is 11.5. The van der Waals surface area contributed by atoms with Crippen LogP contribution in [0.4, 0.5) is 15.9 Å². The Morgan fingerprint density at radius 2 is 2.05 bits per heavy atom. The standard InChI is InChI=1S/C11H13FN4O2S/c1-7-5-11(16(2)14-7)15-19(17,18)10-4-3-8(13)6-9(10)12/h3-6,15H,13H2,1-2H3. The van der Waals surface area contributed by atoms with Gasteiger partial charge in [0.25, 0.3) is 10.0 Å². The van der Waals surface area contributed by atoms with E-state index >= 15 is 0 Å². The van der Waals surface area contributed by atoms with Gasteiger partial charge in [-0.2, -0.15) is 5.10 Å². The van der Waals surface area contributed by atoms with Crippen LogP contribution in [0.15, 0.2) is 29.2 Å². The fourth-order valence-electron chi connectivity index (χ4n) is 1.63. The molecule has 0 atom stereocenters. The van der Waals surface area contributed by atoms with Gasteiger partial charge in [0.05, 0.1) is 5.69 Å². The van der Waals surface area contributed by atoms with Crippen molar-refractivity contribution in [1.29, 1.82) is 0 Å². The molecule has 102 valence electrons. The molecule has 8 heteroatoms. The largest absolute Gasteiger partial charge is 0.399 e. The van der Waals surface area contributed by atoms with Crippen molar-refractivity contribution in [3.63, 3.8) is 0 Å². The van der Waals surface area contributed by atoms with Gasteiger partial charge in [0.15, 0.2) is 0 Å². The zero-order valence-electron chi connectivity index (χ0n) is 10.4. The molecule has 0 aliphatic carbocycles. The fraction of sp³-hybridized carbons (Fsp3) is 0.182. The molecular formula is C11H13FN4O2S. The summed E-state index contributed by atoms with van der Waals surface area (Å²) in [6.45, 7) is 1.72. The number of benzene rings is 1. The SMILES string of the molecule is Cc1cc(NS(=O)(=O)c2ccc(N)cc2F)n(C)n1. The first-order valence-corrected chi connectivity index (χ1v) is 6.86. The number of aromatic nitrogens is 2. The maximum absolute atomic E-state index is 13.6. The first-order chi connectivity index (χ1) is 8.79. The number of nitrogens with zero attached hydrogens (tertiary/aromatic N) is 2. The van der Waals surface area contributed by atoms with Crippen molar-refractivity contribution in [2.75, 3.05) is 10.5 Å². The van der Waals surface area contributed by atoms with Gasteiger partial charge in [-0.05, 0) is 25.1 Å². The van der Waals surface area contributed by atoms with Crippen molar-refractivity contribution in [3.05, 3.63) is 35.8 Å². The smallest absolute Gasteiger partial charge is 0.265 e. The van der Waals surface area contributed by atoms with E-state index in [4.69, 9.17) is 5.73 Å². The third-order valence-corrected chi connectivity index (χ3v) is 3.87. The highest BCUT2D eigenvalue weighted by Crippen LogP contribution is 2.20. The van der Waals surface area contributed by atoms with Crippen LogP contribution in [0, 0.1) is 12.7 Å². The van der Waals surface area contributed by atoms with Crippen LogP contribution in [0.3, 0.4) is 0 Å². The third kappa shape index (κ3) is 2.68. The average molecular weight is 284 g/mol. The van der Waals surface area contributed by atoms with E-state index in [1.165, 1.54) is 10.7 Å². The Kier molecular flexibility index (Phi) is 3.19. The Hall–Kier alpha value is -2.09. The summed E-state index contributed by atoms with van der Waals surface area (Å²) in [6, 6.07) is 4.96. The second kappa shape index (κ2) is 4.54. The molecule has 0 unspecified atom stereocenters. The minimum absolute atomic E-state index is 0.160. The number of halogens is 1. The summed E-state index contributed by atoms with van der Waals surface area (Å²) in [5, 5.41) is 4.00. The number of sulfonamides is 1. The second-order valence-electron chi connectivity index (χ2n) is 4.09. The highest BCUT2D eigenvalue weighted by molar-refractivity contribution is 7.92. The van der Waals surface area contributed by atoms with Crippen molar-refractivity contribution in [2.45, 2.75) is 11.8 Å². The van der Waals surface area contributed by atoms with Crippen molar-refractivity contribution >= 4 is 21.5 Å². The van der Waals surface area contributed by atoms with E-state index in [1.807, 2.05) is 0 Å². The highest BCUT2D eigenvalue weighted by Gasteiger charge is 2.20. The summed E-state index contributed by atoms with van der Waals surface area (Å²) < 4.78 is 41.4. The van der Waals surface area contributed by atoms with Crippen LogP contribution in [-0.4, -0.2) is 18.2 Å². The quantitative estimate of drug-likeness (QED) is 0.830. The Labute approximate surface area is 110 Å². The highest BCUT2D eigenvalue weighted by atomic mass is 32.2. The van der Waals surface area contributed by atoms with E-state index < -0.39 is 20.7 Å². The minimum Gasteiger partial charge on any atom is -0.399 e. The first kappa shape index (κ1) is 13.3. The van der Waals surface area contributed by atoms with Gasteiger partial charge in [-0.15, -0.1) is 0 Å². The summed E-state index contributed by atoms with van der Waals surface area (Å²) in [7, 11) is -2.42. The van der Waals surface area contributed by atoms with E-state index in [0.29, 0.717) is 5.69 Å². The number of aryl methyl sites for hydroxylation is 2. The van der Waals surface area contributed by atoms with Crippen LogP contribution in [0.5, 0.6) is 0 Å². The number of nitrogen functional groups attached to an aromatic ring is 1. The molecular weight excluding hydrogens is 271 g/mol. The van der Waals surface area contributed by atoms with Crippen LogP contribution >= 0.6 is 0 Å². The van der Waals surface area contributed by atoms with E-state index in [9.17, 15) is 12.8 Å². The Bertz CT molecular complexity index is 724. The molecule has 0 aliphatic heterocycles. The van der Waals surface area contributed by atoms with Crippen molar-refractivity contribution < 1.29 is 12.8 Å². The molecule has 1 aromatic heterocycles. The molecule has 0 amide bonds. The molecule has 6 nitrogen and oxygen atoms in total. The number of nitrogens with one attached hydrogen (secondary N) is 1. The second-order valence-corrected chi connectivity index (χ2v) is 5.74. The zero-order valence-corrected chi connectivity index (χ0v) is 11.2. The summed E-state index contributed by atoms with van der Waals surface area (Å²) in [6.07, 6.45) is 0. The monoisotopic (exact) mass is 284 g/mol. The summed E-state index contributed by atoms with van der Waals surface area (Å²) in [5.74, 6) is -0.639. The molecule has 0 fully saturated rings. The number of rotatable bonds is 3. The van der Waals surface area contributed by atoms with Gasteiger partial charge in [-0.3, -0.25) is 9.40 Å². The molecule has 0 spiro atoms. The average Bonchev–Trinajstić information content (AvgIpc) is 2.55. The molecule has 0 radical (unpaired) electrons. The predicted octanol–water partition coefficient (Wildman–Crippen LogP) is 1.25. The lowest BCUT2D eigenvalue weighted by molar-refractivity contribution is 0.570. The van der Waals surface area contributed by atoms with Gasteiger partial charge < -0.3 is 5.73 Å². The molecule has 0 bridgehead atoms. The van der Waals surface area contributed by atoms with Crippen LogP contribution in [-0.2, 0) is 17.1 Å². The molecule has 0 aliphatic rings. The Morgan fingerprint density at radius 3 is 2.58 bits per heavy atom. The van der Waals surface area contributed by atoms with Gasteiger partial charge in [-0.25, -0.2) is 12.8 Å². The lowest BCUT2D eigenvalue weighted by Gasteiger charge is -2.09. The number of hydrogen-bond acceptors (Lipinski definition) is 4. The fourth-order valence-corrected chi connectivity index (χ4v) is 2.77. The first-order valence-electron chi connectivity index (χ1n) is 5.38. The number of anilines is 2. The van der Waals surface area contributed by atoms with Gasteiger partial charge in [-0.1, -0.05) is 0 Å². The maximum Gasteiger partial charge on any atom is 0.265 e. The molecule has 19 heavy (non-hydrogen) atoms. The summed E-state index contributed by atoms with van der Waals surface area (Å²) in [4.78, 5) is -0.458. The van der Waals surface area contributed by atoms with E-state index in [-0.39, 0.29) is 11.5 Å². The summed E-state index contributed by atoms with van der Waals surface area (Å²) in [5.41, 5.74) is 6.19. The maximum atomic E-state index is 13.6. The Morgan fingerprint density at radius 1 is 1.37 bits per heavy atom. The molecule has 2 aromatic rings. The van der Waals surface area contributed by atoms with Gasteiger partial charge in [0.1, 0.15) is 16.5 Å². The van der Waals surface area contributed by atoms with Crippen molar-refractivity contribution in [1.82, 2.24) is 9.78 Å². The van der Waals surface area contributed by atoms with Crippen LogP contribution < -0.4 is 10.5 Å². The van der Waals surface area contributed by atoms with Crippen LogP contribution in [0.2, 0.25) is 0 Å². The molecule has 1 heterocycles. The van der Waals surface area contributed by atoms with Crippen molar-refractivity contribution in [2.24, 2.45) is 7.05 Å². The van der Waals surface area contributed by atoms with Gasteiger partial charge in [0, 0.05) is 18.8 Å². The molecule has 0 saturated carbocycles. The predicted molar refractivity (Wildman–Crippen MR) is 69.6 cm³/mol. The number of hydrogen-bond donors (Lipinski definition) is 2. The third-order valence-electron chi connectivity index (χ3n) is 2.49. The summed E-state index contributed by atoms with van der Waals surface area (Å²) >= 11 is 0. The number of nitrogens with two attached hydrogens (primary N) is 1. The lowest BCUT2D eigenvalue weighted by Crippen LogP contribution is -2.16. The molecule has 1 aromatic carbocycles. The molecule has 0 saturated heterocycles. The Balaban J connectivity index is 2.40. The van der Waals surface area contributed by atoms with E-state index in [2.05, 4.69) is 9.82 Å². The lowest BCUT2D eigenvalue weighted by atomic mass is 10.3. The van der Waals surface area contributed by atoms with Gasteiger partial charge >= 0.3 is 0 Å². The minimum atomic E-state index is -4.01. The zero-order chi connectivity index (χ0) is 14.2. The van der Waals surface area contributed by atoms with Crippen LogP contribution in [0.1, 0.15) is 5.69 Å².